The Labute approximate surface area is 172 Å². The van der Waals surface area contributed by atoms with Crippen LogP contribution in [0.15, 0.2) is 35.5 Å². The molecule has 1 aliphatic rings. The topological polar surface area (TPSA) is 88.9 Å². The van der Waals surface area contributed by atoms with Crippen LogP contribution in [0.2, 0.25) is 0 Å². The molecule has 2 N–H and O–H groups in total. The molecule has 0 unspecified atom stereocenters. The van der Waals surface area contributed by atoms with Gasteiger partial charge in [0.1, 0.15) is 0 Å². The summed E-state index contributed by atoms with van der Waals surface area (Å²) >= 11 is 2.62. The smallest absolute Gasteiger partial charge is 0.320 e. The normalized spacial score (nSPS) is 13.7. The Morgan fingerprint density at radius 3 is 3.00 bits per heavy atom. The van der Waals surface area contributed by atoms with Crippen LogP contribution in [-0.2, 0) is 4.79 Å². The van der Waals surface area contributed by atoms with Crippen molar-refractivity contribution in [3.63, 3.8) is 0 Å². The monoisotopic (exact) mass is 435 g/mol. The number of carbonyl (C=O) groups is 2. The number of alkyl halides is 2. The number of fused-ring (bicyclic) bond motifs is 1. The van der Waals surface area contributed by atoms with Crippen LogP contribution in [0, 0.1) is 6.92 Å². The molecule has 3 heterocycles. The number of nitrogens with one attached hydrogen (secondary N) is 2. The van der Waals surface area contributed by atoms with Crippen LogP contribution < -0.4 is 10.6 Å². The number of hydrogen-bond acceptors (Lipinski definition) is 6. The fourth-order valence-electron chi connectivity index (χ4n) is 2.83. The first kappa shape index (κ1) is 19.5. The molecule has 0 bridgehead atoms. The number of aromatic nitrogens is 3. The van der Waals surface area contributed by atoms with Crippen molar-refractivity contribution in [2.75, 3.05) is 16.4 Å². The number of thiazole rings is 1. The maximum absolute atomic E-state index is 13.1. The molecule has 4 rings (SSSR count). The van der Waals surface area contributed by atoms with Gasteiger partial charge in [0.15, 0.2) is 11.0 Å². The maximum atomic E-state index is 13.1. The molecule has 0 fully saturated rings. The molecule has 0 atom stereocenters. The summed E-state index contributed by atoms with van der Waals surface area (Å²) in [5.41, 5.74) is 1.44. The number of amides is 2. The van der Waals surface area contributed by atoms with Crippen molar-refractivity contribution in [2.24, 2.45) is 0 Å². The van der Waals surface area contributed by atoms with Crippen molar-refractivity contribution < 1.29 is 18.4 Å². The molecule has 29 heavy (non-hydrogen) atoms. The Kier molecular flexibility index (Phi) is 5.33. The lowest BCUT2D eigenvalue weighted by molar-refractivity contribution is -0.115. The summed E-state index contributed by atoms with van der Waals surface area (Å²) in [6.07, 6.45) is 2.90. The molecule has 2 amide bonds. The zero-order chi connectivity index (χ0) is 20.5. The molecule has 11 heteroatoms. The molecule has 0 saturated heterocycles. The molecule has 0 radical (unpaired) electrons. The quantitative estimate of drug-likeness (QED) is 0.634. The SMILES string of the molecule is Cc1nc(NC(=O)c2ccc3c(c2)NC(=O)CCS3)sc1-c1nccn1C(F)F. The fraction of sp³-hybridized carbons (Fsp3) is 0.222. The second-order valence-corrected chi connectivity index (χ2v) is 8.32. The van der Waals surface area contributed by atoms with Gasteiger partial charge in [-0.3, -0.25) is 19.5 Å². The van der Waals surface area contributed by atoms with Gasteiger partial charge in [0.05, 0.1) is 16.3 Å². The number of hydrogen-bond donors (Lipinski definition) is 2. The Morgan fingerprint density at radius 2 is 2.21 bits per heavy atom. The number of imidazole rings is 1. The van der Waals surface area contributed by atoms with Crippen LogP contribution in [0.1, 0.15) is 29.0 Å². The van der Waals surface area contributed by atoms with E-state index >= 15 is 0 Å². The predicted molar refractivity (Wildman–Crippen MR) is 108 cm³/mol. The Hall–Kier alpha value is -2.79. The van der Waals surface area contributed by atoms with E-state index in [-0.39, 0.29) is 16.9 Å². The lowest BCUT2D eigenvalue weighted by Gasteiger charge is -2.08. The third kappa shape index (κ3) is 4.01. The molecule has 0 spiro atoms. The first-order valence-corrected chi connectivity index (χ1v) is 10.4. The van der Waals surface area contributed by atoms with Gasteiger partial charge in [0, 0.05) is 35.0 Å². The zero-order valence-electron chi connectivity index (χ0n) is 15.1. The second-order valence-electron chi connectivity index (χ2n) is 6.18. The number of anilines is 2. The lowest BCUT2D eigenvalue weighted by Crippen LogP contribution is -2.14. The molecule has 3 aromatic rings. The first-order chi connectivity index (χ1) is 13.9. The summed E-state index contributed by atoms with van der Waals surface area (Å²) < 4.78 is 27.0. The number of benzene rings is 1. The van der Waals surface area contributed by atoms with Crippen LogP contribution in [0.5, 0.6) is 0 Å². The van der Waals surface area contributed by atoms with Gasteiger partial charge in [-0.2, -0.15) is 8.78 Å². The Morgan fingerprint density at radius 1 is 1.38 bits per heavy atom. The average molecular weight is 435 g/mol. The largest absolute Gasteiger partial charge is 0.325 e. The number of halogens is 2. The van der Waals surface area contributed by atoms with Crippen molar-refractivity contribution >= 4 is 45.7 Å². The van der Waals surface area contributed by atoms with Crippen LogP contribution in [0.4, 0.5) is 19.6 Å². The van der Waals surface area contributed by atoms with Crippen LogP contribution in [-0.4, -0.2) is 32.1 Å². The lowest BCUT2D eigenvalue weighted by atomic mass is 10.2. The van der Waals surface area contributed by atoms with Gasteiger partial charge < -0.3 is 5.32 Å². The average Bonchev–Trinajstić information content (AvgIpc) is 3.24. The highest BCUT2D eigenvalue weighted by molar-refractivity contribution is 7.99. The van der Waals surface area contributed by atoms with E-state index in [2.05, 4.69) is 20.6 Å². The highest BCUT2D eigenvalue weighted by Gasteiger charge is 2.20. The summed E-state index contributed by atoms with van der Waals surface area (Å²) in [6.45, 7) is -1.05. The van der Waals surface area contributed by atoms with E-state index in [9.17, 15) is 18.4 Å². The minimum Gasteiger partial charge on any atom is -0.325 e. The number of rotatable bonds is 4. The fourth-order valence-corrected chi connectivity index (χ4v) is 4.73. The number of aryl methyl sites for hydroxylation is 1. The van der Waals surface area contributed by atoms with Gasteiger partial charge in [-0.1, -0.05) is 11.3 Å². The van der Waals surface area contributed by atoms with Gasteiger partial charge in [0.25, 0.3) is 5.91 Å². The van der Waals surface area contributed by atoms with Crippen molar-refractivity contribution in [1.82, 2.24) is 14.5 Å². The molecule has 0 saturated carbocycles. The molecule has 7 nitrogen and oxygen atoms in total. The van der Waals surface area contributed by atoms with Crippen LogP contribution in [0.25, 0.3) is 10.7 Å². The van der Waals surface area contributed by atoms with E-state index in [0.29, 0.717) is 34.0 Å². The van der Waals surface area contributed by atoms with Crippen LogP contribution in [0.3, 0.4) is 0 Å². The van der Waals surface area contributed by atoms with E-state index < -0.39 is 12.5 Å². The van der Waals surface area contributed by atoms with Gasteiger partial charge in [-0.15, -0.1) is 11.8 Å². The van der Waals surface area contributed by atoms with Gasteiger partial charge in [-0.25, -0.2) is 9.97 Å². The van der Waals surface area contributed by atoms with Crippen molar-refractivity contribution in [1.29, 1.82) is 0 Å². The Balaban J connectivity index is 1.57. The summed E-state index contributed by atoms with van der Waals surface area (Å²) in [6, 6.07) is 5.08. The summed E-state index contributed by atoms with van der Waals surface area (Å²) in [7, 11) is 0. The summed E-state index contributed by atoms with van der Waals surface area (Å²) in [4.78, 5) is 34.0. The molecule has 0 aliphatic carbocycles. The molecular formula is C18H15F2N5O2S2. The van der Waals surface area contributed by atoms with E-state index in [4.69, 9.17) is 0 Å². The second kappa shape index (κ2) is 7.91. The standard InChI is InChI=1S/C18H15F2N5O2S2/c1-9-14(15-21-5-6-25(15)17(19)20)29-18(22-9)24-16(27)10-2-3-12-11(8-10)23-13(26)4-7-28-12/h2-3,5-6,8,17H,4,7H2,1H3,(H,23,26)(H,22,24,27). The van der Waals surface area contributed by atoms with Crippen molar-refractivity contribution in [3.8, 4) is 10.7 Å². The zero-order valence-corrected chi connectivity index (χ0v) is 16.7. The number of thioether (sulfide) groups is 1. The number of carbonyl (C=O) groups excluding carboxylic acids is 2. The van der Waals surface area contributed by atoms with Crippen molar-refractivity contribution in [3.05, 3.63) is 41.9 Å². The summed E-state index contributed by atoms with van der Waals surface area (Å²) in [5, 5.41) is 5.76. The van der Waals surface area contributed by atoms with Crippen molar-refractivity contribution in [2.45, 2.75) is 24.8 Å². The third-order valence-electron chi connectivity index (χ3n) is 4.20. The molecule has 2 aromatic heterocycles. The van der Waals surface area contributed by atoms with Gasteiger partial charge in [-0.05, 0) is 25.1 Å². The minimum absolute atomic E-state index is 0.0940. The predicted octanol–water partition coefficient (Wildman–Crippen LogP) is 4.40. The van der Waals surface area contributed by atoms with Gasteiger partial charge in [0.2, 0.25) is 5.91 Å². The summed E-state index contributed by atoms with van der Waals surface area (Å²) in [5.74, 6) is 0.275. The molecular weight excluding hydrogens is 420 g/mol. The van der Waals surface area contributed by atoms with E-state index in [1.807, 2.05) is 0 Å². The first-order valence-electron chi connectivity index (χ1n) is 8.59. The van der Waals surface area contributed by atoms with E-state index in [1.165, 1.54) is 12.4 Å². The Bertz CT molecular complexity index is 1100. The van der Waals surface area contributed by atoms with E-state index in [1.54, 1.807) is 36.9 Å². The van der Waals surface area contributed by atoms with Crippen LogP contribution >= 0.6 is 23.1 Å². The molecule has 1 aromatic carbocycles. The van der Waals surface area contributed by atoms with E-state index in [0.717, 1.165) is 20.8 Å². The number of nitrogens with zero attached hydrogens (tertiary/aromatic N) is 3. The minimum atomic E-state index is -2.72. The molecule has 1 aliphatic heterocycles. The highest BCUT2D eigenvalue weighted by atomic mass is 32.2. The maximum Gasteiger partial charge on any atom is 0.320 e. The van der Waals surface area contributed by atoms with Gasteiger partial charge >= 0.3 is 6.55 Å². The highest BCUT2D eigenvalue weighted by Crippen LogP contribution is 2.34. The third-order valence-corrected chi connectivity index (χ3v) is 6.35. The molecule has 150 valence electrons.